The predicted molar refractivity (Wildman–Crippen MR) is 52.3 cm³/mol. The van der Waals surface area contributed by atoms with E-state index in [0.717, 1.165) is 18.1 Å². The Hall–Kier alpha value is -0.450. The number of thiazole rings is 1. The summed E-state index contributed by atoms with van der Waals surface area (Å²) in [6.45, 7) is 1.86. The Balaban J connectivity index is 2.52. The maximum Gasteiger partial charge on any atom is 0.107 e. The van der Waals surface area contributed by atoms with Crippen LogP contribution in [-0.2, 0) is 13.1 Å². The van der Waals surface area contributed by atoms with Crippen molar-refractivity contribution in [2.45, 2.75) is 13.1 Å². The van der Waals surface area contributed by atoms with Gasteiger partial charge in [-0.25, -0.2) is 4.98 Å². The van der Waals surface area contributed by atoms with Crippen molar-refractivity contribution < 1.29 is 0 Å². The highest BCUT2D eigenvalue weighted by molar-refractivity contribution is 7.11. The van der Waals surface area contributed by atoms with Crippen molar-refractivity contribution in [1.29, 1.82) is 0 Å². The molecule has 0 amide bonds. The van der Waals surface area contributed by atoms with Crippen molar-refractivity contribution >= 4 is 11.3 Å². The molecule has 3 nitrogen and oxygen atoms in total. The minimum Gasteiger partial charge on any atom is -0.314 e. The topological polar surface area (TPSA) is 28.2 Å². The highest BCUT2D eigenvalue weighted by atomic mass is 32.1. The molecule has 0 saturated heterocycles. The molecule has 1 heterocycles. The quantitative estimate of drug-likeness (QED) is 0.756. The van der Waals surface area contributed by atoms with Crippen molar-refractivity contribution in [2.24, 2.45) is 0 Å². The van der Waals surface area contributed by atoms with E-state index in [9.17, 15) is 0 Å². The largest absolute Gasteiger partial charge is 0.314 e. The Labute approximate surface area is 77.4 Å². The van der Waals surface area contributed by atoms with Gasteiger partial charge in [-0.3, -0.25) is 0 Å². The number of nitrogens with one attached hydrogen (secondary N) is 1. The average Bonchev–Trinajstić information content (AvgIpc) is 2.36. The maximum atomic E-state index is 4.29. The van der Waals surface area contributed by atoms with Crippen LogP contribution in [0.1, 0.15) is 9.88 Å². The molecule has 0 aliphatic heterocycles. The fourth-order valence-electron chi connectivity index (χ4n) is 0.966. The first-order valence-electron chi connectivity index (χ1n) is 3.95. The molecule has 0 spiro atoms. The molecule has 1 rings (SSSR count). The van der Waals surface area contributed by atoms with E-state index in [2.05, 4.69) is 29.3 Å². The maximum absolute atomic E-state index is 4.29. The number of hydrogen-bond donors (Lipinski definition) is 1. The summed E-state index contributed by atoms with van der Waals surface area (Å²) in [4.78, 5) is 7.76. The third kappa shape index (κ3) is 2.89. The molecule has 1 aromatic rings. The van der Waals surface area contributed by atoms with Crippen molar-refractivity contribution in [2.75, 3.05) is 21.1 Å². The number of rotatable bonds is 4. The lowest BCUT2D eigenvalue weighted by molar-refractivity contribution is 0.406. The minimum atomic E-state index is 0.873. The summed E-state index contributed by atoms with van der Waals surface area (Å²) in [7, 11) is 6.07. The van der Waals surface area contributed by atoms with Crippen molar-refractivity contribution in [3.8, 4) is 0 Å². The summed E-state index contributed by atoms with van der Waals surface area (Å²) in [6.07, 6.45) is 1.96. The second kappa shape index (κ2) is 4.54. The molecule has 68 valence electrons. The summed E-state index contributed by atoms with van der Waals surface area (Å²) < 4.78 is 0. The first kappa shape index (κ1) is 9.64. The summed E-state index contributed by atoms with van der Waals surface area (Å²) in [5, 5.41) is 4.25. The van der Waals surface area contributed by atoms with Crippen molar-refractivity contribution in [3.63, 3.8) is 0 Å². The number of nitrogens with zero attached hydrogens (tertiary/aromatic N) is 2. The van der Waals surface area contributed by atoms with E-state index in [1.165, 1.54) is 4.88 Å². The summed E-state index contributed by atoms with van der Waals surface area (Å²) in [5.41, 5.74) is 0. The molecule has 0 aromatic carbocycles. The lowest BCUT2D eigenvalue weighted by Crippen LogP contribution is -2.09. The van der Waals surface area contributed by atoms with Crippen molar-refractivity contribution in [3.05, 3.63) is 16.1 Å². The van der Waals surface area contributed by atoms with Gasteiger partial charge in [0.25, 0.3) is 0 Å². The van der Waals surface area contributed by atoms with Gasteiger partial charge in [0, 0.05) is 24.2 Å². The lowest BCUT2D eigenvalue weighted by atomic mass is 10.5. The highest BCUT2D eigenvalue weighted by Crippen LogP contribution is 2.13. The van der Waals surface area contributed by atoms with Gasteiger partial charge in [-0.05, 0) is 21.1 Å². The summed E-state index contributed by atoms with van der Waals surface area (Å²) in [5.74, 6) is 0. The normalized spacial score (nSPS) is 11.0. The third-order valence-corrected chi connectivity index (χ3v) is 2.38. The highest BCUT2D eigenvalue weighted by Gasteiger charge is 2.01. The van der Waals surface area contributed by atoms with Gasteiger partial charge in [0.05, 0.1) is 0 Å². The van der Waals surface area contributed by atoms with E-state index in [-0.39, 0.29) is 0 Å². The zero-order valence-corrected chi connectivity index (χ0v) is 8.61. The average molecular weight is 185 g/mol. The van der Waals surface area contributed by atoms with Gasteiger partial charge < -0.3 is 10.2 Å². The fraction of sp³-hybridized carbons (Fsp3) is 0.625. The Morgan fingerprint density at radius 1 is 1.58 bits per heavy atom. The summed E-state index contributed by atoms with van der Waals surface area (Å²) in [6, 6.07) is 0. The Morgan fingerprint density at radius 2 is 2.33 bits per heavy atom. The van der Waals surface area contributed by atoms with E-state index in [4.69, 9.17) is 0 Å². The van der Waals surface area contributed by atoms with Gasteiger partial charge in [0.2, 0.25) is 0 Å². The molecule has 0 radical (unpaired) electrons. The Morgan fingerprint density at radius 3 is 2.92 bits per heavy atom. The van der Waals surface area contributed by atoms with E-state index in [1.807, 2.05) is 13.2 Å². The van der Waals surface area contributed by atoms with Crippen LogP contribution in [0.3, 0.4) is 0 Å². The van der Waals surface area contributed by atoms with Crippen LogP contribution in [0.2, 0.25) is 0 Å². The molecule has 1 aromatic heterocycles. The molecule has 0 bridgehead atoms. The van der Waals surface area contributed by atoms with Crippen LogP contribution < -0.4 is 5.32 Å². The SMILES string of the molecule is CNCc1ncc(CN(C)C)s1. The van der Waals surface area contributed by atoms with Gasteiger partial charge in [0.1, 0.15) is 5.01 Å². The van der Waals surface area contributed by atoms with Crippen LogP contribution in [0, 0.1) is 0 Å². The third-order valence-electron chi connectivity index (χ3n) is 1.40. The zero-order chi connectivity index (χ0) is 8.97. The Bertz CT molecular complexity index is 232. The van der Waals surface area contributed by atoms with Crippen LogP contribution in [-0.4, -0.2) is 31.0 Å². The zero-order valence-electron chi connectivity index (χ0n) is 7.79. The molecule has 0 unspecified atom stereocenters. The monoisotopic (exact) mass is 185 g/mol. The van der Waals surface area contributed by atoms with E-state index in [1.54, 1.807) is 11.3 Å². The number of aromatic nitrogens is 1. The molecular formula is C8H15N3S. The summed E-state index contributed by atoms with van der Waals surface area (Å²) >= 11 is 1.77. The van der Waals surface area contributed by atoms with Crippen LogP contribution in [0.15, 0.2) is 6.20 Å². The second-order valence-corrected chi connectivity index (χ2v) is 4.19. The molecule has 12 heavy (non-hydrogen) atoms. The fourth-order valence-corrected chi connectivity index (χ4v) is 2.02. The Kier molecular flexibility index (Phi) is 3.65. The first-order chi connectivity index (χ1) is 5.72. The van der Waals surface area contributed by atoms with Crippen LogP contribution in [0.5, 0.6) is 0 Å². The number of hydrogen-bond acceptors (Lipinski definition) is 4. The molecule has 0 atom stereocenters. The van der Waals surface area contributed by atoms with Gasteiger partial charge >= 0.3 is 0 Å². The van der Waals surface area contributed by atoms with E-state index >= 15 is 0 Å². The predicted octanol–water partition coefficient (Wildman–Crippen LogP) is 0.924. The molecular weight excluding hydrogens is 170 g/mol. The second-order valence-electron chi connectivity index (χ2n) is 2.99. The van der Waals surface area contributed by atoms with Gasteiger partial charge in [0.15, 0.2) is 0 Å². The van der Waals surface area contributed by atoms with Gasteiger partial charge in [-0.15, -0.1) is 11.3 Å². The molecule has 0 aliphatic carbocycles. The molecule has 0 fully saturated rings. The minimum absolute atomic E-state index is 0.873. The lowest BCUT2D eigenvalue weighted by Gasteiger charge is -2.05. The molecule has 1 N–H and O–H groups in total. The smallest absolute Gasteiger partial charge is 0.107 e. The van der Waals surface area contributed by atoms with Crippen molar-refractivity contribution in [1.82, 2.24) is 15.2 Å². The molecule has 0 saturated carbocycles. The first-order valence-corrected chi connectivity index (χ1v) is 4.77. The van der Waals surface area contributed by atoms with Crippen LogP contribution in [0.4, 0.5) is 0 Å². The van der Waals surface area contributed by atoms with Crippen LogP contribution >= 0.6 is 11.3 Å². The molecule has 0 aliphatic rings. The van der Waals surface area contributed by atoms with E-state index in [0.29, 0.717) is 0 Å². The van der Waals surface area contributed by atoms with Crippen LogP contribution in [0.25, 0.3) is 0 Å². The van der Waals surface area contributed by atoms with E-state index < -0.39 is 0 Å². The molecule has 4 heteroatoms. The van der Waals surface area contributed by atoms with Gasteiger partial charge in [-0.1, -0.05) is 0 Å². The standard InChI is InChI=1S/C8H15N3S/c1-9-5-8-10-4-7(12-8)6-11(2)3/h4,9H,5-6H2,1-3H3. The van der Waals surface area contributed by atoms with Gasteiger partial charge in [-0.2, -0.15) is 0 Å².